The molecule has 0 N–H and O–H groups in total. The van der Waals surface area contributed by atoms with Gasteiger partial charge in [0.05, 0.1) is 6.85 Å². The molecule has 0 heteroatoms. The van der Waals surface area contributed by atoms with Gasteiger partial charge >= 0.3 is 0 Å². The maximum atomic E-state index is 7.81. The molecule has 1 atom stereocenters. The lowest BCUT2D eigenvalue weighted by Crippen LogP contribution is -1.83. The van der Waals surface area contributed by atoms with Crippen molar-refractivity contribution in [1.29, 1.82) is 0 Å². The summed E-state index contributed by atoms with van der Waals surface area (Å²) in [6.07, 6.45) is 0. The maximum Gasteiger partial charge on any atom is 0.0626 e. The molecule has 9 heavy (non-hydrogen) atoms. The summed E-state index contributed by atoms with van der Waals surface area (Å²) in [7, 11) is 0. The smallest absolute Gasteiger partial charge is 0.0622 e. The van der Waals surface area contributed by atoms with Crippen molar-refractivity contribution in [2.24, 2.45) is 0 Å². The fourth-order valence-electron chi connectivity index (χ4n) is 0.463. The Kier molecular flexibility index (Phi) is 0.550. The summed E-state index contributed by atoms with van der Waals surface area (Å²) >= 11 is 0. The van der Waals surface area contributed by atoms with Crippen LogP contribution in [0.1, 0.15) is 34.9 Å². The van der Waals surface area contributed by atoms with Gasteiger partial charge in [0.2, 0.25) is 0 Å². The lowest BCUT2D eigenvalue weighted by Gasteiger charge is -2.01. The molecule has 0 radical (unpaired) electrons. The minimum absolute atomic E-state index is 0.117. The van der Waals surface area contributed by atoms with E-state index >= 15 is 0 Å². The van der Waals surface area contributed by atoms with E-state index in [9.17, 15) is 0 Å². The normalized spacial score (nSPS) is 27.4. The van der Waals surface area contributed by atoms with Crippen molar-refractivity contribution in [3.63, 3.8) is 0 Å². The fourth-order valence-corrected chi connectivity index (χ4v) is 0.463. The summed E-state index contributed by atoms with van der Waals surface area (Å²) < 4.78 is 52.5. The topological polar surface area (TPSA) is 0 Å². The van der Waals surface area contributed by atoms with Gasteiger partial charge in [-0.25, -0.2) is 0 Å². The Hall–Kier alpha value is -0.780. The van der Waals surface area contributed by atoms with E-state index in [0.29, 0.717) is 0 Å². The zero-order chi connectivity index (χ0) is 12.7. The number of rotatable bonds is 1. The molecular formula is C9H12. The fraction of sp³-hybridized carbons (Fsp3) is 0.333. The van der Waals surface area contributed by atoms with E-state index in [-0.39, 0.29) is 12.5 Å². The van der Waals surface area contributed by atoms with Gasteiger partial charge < -0.3 is 0 Å². The highest BCUT2D eigenvalue weighted by Crippen LogP contribution is 2.11. The third-order valence-corrected chi connectivity index (χ3v) is 0.927. The Morgan fingerprint density at radius 1 is 1.56 bits per heavy atom. The molecule has 0 spiro atoms. The molecule has 0 aromatic heterocycles. The highest BCUT2D eigenvalue weighted by molar-refractivity contribution is 5.17. The van der Waals surface area contributed by atoms with Crippen molar-refractivity contribution in [2.75, 3.05) is 0 Å². The van der Waals surface area contributed by atoms with Gasteiger partial charge in [0, 0.05) is 2.74 Å². The second-order valence-corrected chi connectivity index (χ2v) is 1.78. The van der Waals surface area contributed by atoms with Crippen LogP contribution in [-0.2, 0) is 0 Å². The van der Waals surface area contributed by atoms with Gasteiger partial charge in [0.1, 0.15) is 0 Å². The van der Waals surface area contributed by atoms with Crippen LogP contribution in [0, 0.1) is 0 Å². The van der Waals surface area contributed by atoms with Gasteiger partial charge in [-0.05, 0) is 11.5 Å². The minimum Gasteiger partial charge on any atom is -0.0622 e. The second kappa shape index (κ2) is 2.67. The number of hydrogen-bond donors (Lipinski definition) is 0. The highest BCUT2D eigenvalue weighted by atomic mass is 14.0. The molecule has 0 amide bonds. The monoisotopic (exact) mass is 127 g/mol. The third-order valence-electron chi connectivity index (χ3n) is 0.927. The van der Waals surface area contributed by atoms with Crippen molar-refractivity contribution < 1.29 is 9.60 Å². The van der Waals surface area contributed by atoms with Crippen molar-refractivity contribution in [3.8, 4) is 0 Å². The van der Waals surface area contributed by atoms with E-state index in [4.69, 9.17) is 9.60 Å². The average Bonchev–Trinajstić information content (AvgIpc) is 2.23. The molecule has 1 unspecified atom stereocenters. The van der Waals surface area contributed by atoms with Crippen LogP contribution < -0.4 is 0 Å². The SMILES string of the molecule is [2H]CC([2H])(C)c1c([2H])c([2H])c([2H])c([2H])c1[2H]. The zero-order valence-electron chi connectivity index (χ0n) is 12.2. The molecule has 0 nitrogen and oxygen atoms in total. The number of hydrogen-bond acceptors (Lipinski definition) is 0. The first-order valence-electron chi connectivity index (χ1n) is 6.31. The third kappa shape index (κ3) is 1.56. The Morgan fingerprint density at radius 2 is 2.22 bits per heavy atom. The van der Waals surface area contributed by atoms with Crippen molar-refractivity contribution in [3.05, 3.63) is 35.8 Å². The summed E-state index contributed by atoms with van der Waals surface area (Å²) in [5.74, 6) is -1.49. The minimum atomic E-state index is -1.49. The molecule has 0 aliphatic heterocycles. The predicted octanol–water partition coefficient (Wildman–Crippen LogP) is 2.81. The van der Waals surface area contributed by atoms with Gasteiger partial charge in [0.15, 0.2) is 0 Å². The predicted molar refractivity (Wildman–Crippen MR) is 40.5 cm³/mol. The van der Waals surface area contributed by atoms with Crippen molar-refractivity contribution in [2.45, 2.75) is 19.7 Å². The van der Waals surface area contributed by atoms with Gasteiger partial charge in [-0.1, -0.05) is 44.0 Å². The van der Waals surface area contributed by atoms with Gasteiger partial charge in [0.25, 0.3) is 0 Å². The van der Waals surface area contributed by atoms with Crippen LogP contribution in [-0.4, -0.2) is 0 Å². The van der Waals surface area contributed by atoms with Crippen LogP contribution in [0.2, 0.25) is 0 Å². The molecule has 0 aliphatic carbocycles. The molecule has 1 aromatic carbocycles. The maximum absolute atomic E-state index is 7.81. The quantitative estimate of drug-likeness (QED) is 0.544. The highest BCUT2D eigenvalue weighted by Gasteiger charge is 1.93. The second-order valence-electron chi connectivity index (χ2n) is 1.78. The van der Waals surface area contributed by atoms with Crippen LogP contribution in [0.4, 0.5) is 0 Å². The Labute approximate surface area is 66.4 Å². The summed E-state index contributed by atoms with van der Waals surface area (Å²) in [4.78, 5) is 0. The van der Waals surface area contributed by atoms with Crippen LogP contribution >= 0.6 is 0 Å². The lowest BCUT2D eigenvalue weighted by molar-refractivity contribution is 0.867. The molecule has 1 aromatic rings. The van der Waals surface area contributed by atoms with Crippen LogP contribution in [0.5, 0.6) is 0 Å². The van der Waals surface area contributed by atoms with E-state index in [1.54, 1.807) is 0 Å². The molecule has 0 saturated carbocycles. The Balaban J connectivity index is 3.65. The largest absolute Gasteiger partial charge is 0.0626 e. The molecule has 0 fully saturated rings. The Bertz CT molecular complexity index is 395. The summed E-state index contributed by atoms with van der Waals surface area (Å²) in [5, 5.41) is 0. The molecule has 48 valence electrons. The first-order chi connectivity index (χ1) is 7.24. The van der Waals surface area contributed by atoms with Crippen LogP contribution in [0.15, 0.2) is 30.2 Å². The van der Waals surface area contributed by atoms with Crippen molar-refractivity contribution in [1.82, 2.24) is 0 Å². The van der Waals surface area contributed by atoms with E-state index in [2.05, 4.69) is 0 Å². The molecule has 0 heterocycles. The van der Waals surface area contributed by atoms with Crippen molar-refractivity contribution >= 4 is 0 Å². The first kappa shape index (κ1) is 1.85. The van der Waals surface area contributed by atoms with Gasteiger partial charge in [-0.3, -0.25) is 0 Å². The van der Waals surface area contributed by atoms with E-state index in [0.717, 1.165) is 0 Å². The molecule has 1 rings (SSSR count). The van der Waals surface area contributed by atoms with Gasteiger partial charge in [-0.2, -0.15) is 0 Å². The summed E-state index contributed by atoms with van der Waals surface area (Å²) in [6.45, 7) is 1.01. The Morgan fingerprint density at radius 3 is 2.78 bits per heavy atom. The van der Waals surface area contributed by atoms with E-state index < -0.39 is 36.1 Å². The van der Waals surface area contributed by atoms with E-state index in [1.807, 2.05) is 0 Å². The summed E-state index contributed by atoms with van der Waals surface area (Å²) in [6, 6.07) is -2.17. The number of benzene rings is 1. The molecule has 0 saturated heterocycles. The lowest BCUT2D eigenvalue weighted by atomic mass is 10.0. The van der Waals surface area contributed by atoms with Gasteiger partial charge in [-0.15, -0.1) is 0 Å². The molecule has 0 aliphatic rings. The average molecular weight is 127 g/mol. The zero-order valence-corrected chi connectivity index (χ0v) is 5.21. The first-order valence-corrected chi connectivity index (χ1v) is 2.60. The van der Waals surface area contributed by atoms with Crippen LogP contribution in [0.25, 0.3) is 0 Å². The van der Waals surface area contributed by atoms with Crippen LogP contribution in [0.3, 0.4) is 0 Å². The standard InChI is InChI=1S/C9H12/c1-8(2)9-6-4-3-5-7-9/h3-8H,1-2H3/i1D,3D,4D,5D,6D,7D,8D. The summed E-state index contributed by atoms with van der Waals surface area (Å²) in [5.41, 5.74) is -0.117. The molecular weight excluding hydrogens is 108 g/mol. The van der Waals surface area contributed by atoms with E-state index in [1.165, 1.54) is 6.92 Å². The molecule has 0 bridgehead atoms.